The number of ether oxygens (including phenoxy) is 1. The Morgan fingerprint density at radius 3 is 1.72 bits per heavy atom. The molecule has 4 aromatic rings. The van der Waals surface area contributed by atoms with Gasteiger partial charge in [0, 0.05) is 18.5 Å². The van der Waals surface area contributed by atoms with Crippen LogP contribution in [0.2, 0.25) is 0 Å². The predicted molar refractivity (Wildman–Crippen MR) is 195 cm³/mol. The van der Waals surface area contributed by atoms with Crippen LogP contribution in [-0.4, -0.2) is 91.1 Å². The van der Waals surface area contributed by atoms with E-state index in [2.05, 4.69) is 61.7 Å². The summed E-state index contributed by atoms with van der Waals surface area (Å²) in [6, 6.07) is 11.3. The number of hydrogen-bond acceptors (Lipinski definition) is 7. The van der Waals surface area contributed by atoms with E-state index in [1.807, 2.05) is 12.4 Å². The van der Waals surface area contributed by atoms with Crippen molar-refractivity contribution in [3.63, 3.8) is 0 Å². The summed E-state index contributed by atoms with van der Waals surface area (Å²) < 4.78 is 4.68. The van der Waals surface area contributed by atoms with Crippen LogP contribution in [-0.2, 0) is 19.7 Å². The Bertz CT molecular complexity index is 2100. The number of amides is 4. The Balaban J connectivity index is 1.03. The minimum Gasteiger partial charge on any atom is -0.465 e. The highest BCUT2D eigenvalue weighted by molar-refractivity contribution is 5.87. The number of nitrogens with one attached hydrogen (secondary N) is 4. The number of methoxy groups -OCH3 is 1. The number of fused-ring (bicyclic) bond motifs is 5. The molecule has 2 aromatic heterocycles. The quantitative estimate of drug-likeness (QED) is 0.155. The first kappa shape index (κ1) is 34.4. The SMILES string of the molecule is COC(=O)N[C@@H](C)C(=O)N1CCC[C@H]1c1ncc(-c2ccc3c(c2)C2(CCC2)c2cc(-c4cnc([C@@H]5CCCN5C(=O)[C@H](C)NC(=O)O)[nH]4)ccc2-3)[nH]1. The van der Waals surface area contributed by atoms with Gasteiger partial charge in [0.2, 0.25) is 11.8 Å². The summed E-state index contributed by atoms with van der Waals surface area (Å²) in [4.78, 5) is 69.2. The molecule has 4 amide bonds. The van der Waals surface area contributed by atoms with Crippen molar-refractivity contribution in [1.29, 1.82) is 0 Å². The average molecular weight is 721 g/mol. The highest BCUT2D eigenvalue weighted by Gasteiger charge is 2.48. The van der Waals surface area contributed by atoms with Crippen molar-refractivity contribution in [3.05, 3.63) is 71.6 Å². The number of H-pyrrole nitrogens is 2. The number of hydrogen-bond donors (Lipinski definition) is 5. The first-order valence-electron chi connectivity index (χ1n) is 18.4. The maximum Gasteiger partial charge on any atom is 0.407 e. The number of nitrogens with zero attached hydrogens (tertiary/aromatic N) is 4. The van der Waals surface area contributed by atoms with Crippen LogP contribution in [0.3, 0.4) is 0 Å². The third kappa shape index (κ3) is 5.89. The molecule has 1 saturated carbocycles. The van der Waals surface area contributed by atoms with Crippen molar-refractivity contribution in [2.75, 3.05) is 20.2 Å². The molecule has 53 heavy (non-hydrogen) atoms. The molecule has 2 aliphatic heterocycles. The van der Waals surface area contributed by atoms with Crippen molar-refractivity contribution < 1.29 is 29.0 Å². The minimum atomic E-state index is -1.22. The van der Waals surface area contributed by atoms with E-state index < -0.39 is 24.3 Å². The van der Waals surface area contributed by atoms with Gasteiger partial charge in [0.25, 0.3) is 0 Å². The average Bonchev–Trinajstić information content (AvgIpc) is 3.97. The van der Waals surface area contributed by atoms with E-state index >= 15 is 0 Å². The van der Waals surface area contributed by atoms with Crippen molar-refractivity contribution in [2.24, 2.45) is 0 Å². The molecule has 4 aliphatic rings. The highest BCUT2D eigenvalue weighted by Crippen LogP contribution is 2.59. The van der Waals surface area contributed by atoms with E-state index in [-0.39, 0.29) is 29.3 Å². The van der Waals surface area contributed by atoms with E-state index in [0.717, 1.165) is 73.3 Å². The van der Waals surface area contributed by atoms with Gasteiger partial charge in [-0.2, -0.15) is 0 Å². The molecule has 2 saturated heterocycles. The smallest absolute Gasteiger partial charge is 0.407 e. The molecule has 276 valence electrons. The van der Waals surface area contributed by atoms with Crippen LogP contribution < -0.4 is 10.6 Å². The standard InChI is InChI=1S/C39H44N8O6/c1-21(42-37(50)51)35(48)46-15-4-7-31(46)33-40-19-29(44-33)23-9-11-25-26-12-10-24(18-28(26)39(13-6-14-39)27(25)17-23)30-20-41-34(45-30)32-8-5-16-47(32)36(49)22(2)43-38(52)53-3/h9-12,17-22,31-32,42H,4-8,13-16H2,1-3H3,(H,40,44)(H,41,45)(H,43,52)(H,50,51)/t21-,22-,31-,32-/m0/s1. The lowest BCUT2D eigenvalue weighted by molar-refractivity contribution is -0.134. The van der Waals surface area contributed by atoms with E-state index in [1.165, 1.54) is 29.4 Å². The van der Waals surface area contributed by atoms with E-state index in [1.54, 1.807) is 23.6 Å². The number of aromatic nitrogens is 4. The number of rotatable bonds is 8. The van der Waals surface area contributed by atoms with Gasteiger partial charge in [0.15, 0.2) is 0 Å². The zero-order valence-electron chi connectivity index (χ0n) is 30.1. The molecule has 0 radical (unpaired) electrons. The van der Waals surface area contributed by atoms with Gasteiger partial charge in [-0.1, -0.05) is 30.7 Å². The second-order valence-electron chi connectivity index (χ2n) is 14.7. The Morgan fingerprint density at radius 2 is 1.28 bits per heavy atom. The van der Waals surface area contributed by atoms with E-state index in [4.69, 9.17) is 15.1 Å². The summed E-state index contributed by atoms with van der Waals surface area (Å²) in [5.74, 6) is 1.02. The van der Waals surface area contributed by atoms with Gasteiger partial charge in [-0.05, 0) is 97.9 Å². The number of benzene rings is 2. The van der Waals surface area contributed by atoms with Crippen LogP contribution in [0, 0.1) is 0 Å². The lowest BCUT2D eigenvalue weighted by Gasteiger charge is -2.41. The molecule has 1 spiro atoms. The third-order valence-electron chi connectivity index (χ3n) is 11.7. The molecule has 2 aliphatic carbocycles. The van der Waals surface area contributed by atoms with Crippen LogP contribution in [0.4, 0.5) is 9.59 Å². The molecule has 4 heterocycles. The maximum absolute atomic E-state index is 13.2. The molecule has 8 rings (SSSR count). The first-order chi connectivity index (χ1) is 25.6. The Labute approximate surface area is 306 Å². The molecule has 0 bridgehead atoms. The summed E-state index contributed by atoms with van der Waals surface area (Å²) in [6.07, 6.45) is 8.29. The van der Waals surface area contributed by atoms with Crippen molar-refractivity contribution in [3.8, 4) is 33.6 Å². The number of carboxylic acid groups (broad SMARTS) is 1. The fourth-order valence-electron chi connectivity index (χ4n) is 8.88. The molecule has 3 fully saturated rings. The molecule has 2 aromatic carbocycles. The Kier molecular flexibility index (Phi) is 8.70. The zero-order chi connectivity index (χ0) is 37.0. The molecule has 5 N–H and O–H groups in total. The number of likely N-dealkylation sites (tertiary alicyclic amines) is 2. The van der Waals surface area contributed by atoms with Gasteiger partial charge < -0.3 is 40.2 Å². The summed E-state index contributed by atoms with van der Waals surface area (Å²) in [5.41, 5.74) is 8.88. The van der Waals surface area contributed by atoms with Gasteiger partial charge in [-0.3, -0.25) is 9.59 Å². The van der Waals surface area contributed by atoms with Gasteiger partial charge in [-0.25, -0.2) is 19.6 Å². The van der Waals surface area contributed by atoms with Crippen LogP contribution in [0.1, 0.15) is 93.7 Å². The number of carbonyl (C=O) groups is 4. The van der Waals surface area contributed by atoms with Crippen molar-refractivity contribution >= 4 is 24.0 Å². The molecule has 14 nitrogen and oxygen atoms in total. The van der Waals surface area contributed by atoms with E-state index in [9.17, 15) is 19.2 Å². The van der Waals surface area contributed by atoms with Gasteiger partial charge in [0.1, 0.15) is 23.7 Å². The van der Waals surface area contributed by atoms with Crippen molar-refractivity contribution in [2.45, 2.75) is 88.4 Å². The lowest BCUT2D eigenvalue weighted by atomic mass is 9.62. The normalized spacial score (nSPS) is 20.7. The second kappa shape index (κ2) is 13.4. The van der Waals surface area contributed by atoms with E-state index in [0.29, 0.717) is 18.9 Å². The highest BCUT2D eigenvalue weighted by atomic mass is 16.5. The topological polar surface area (TPSA) is 186 Å². The summed E-state index contributed by atoms with van der Waals surface area (Å²) in [7, 11) is 1.28. The Morgan fingerprint density at radius 1 is 0.792 bits per heavy atom. The van der Waals surface area contributed by atoms with Crippen LogP contribution in [0.25, 0.3) is 33.6 Å². The zero-order valence-corrected chi connectivity index (χ0v) is 30.1. The molecular formula is C39H44N8O6. The summed E-state index contributed by atoms with van der Waals surface area (Å²) in [6.45, 7) is 4.38. The number of imidazole rings is 2. The second-order valence-corrected chi connectivity index (χ2v) is 14.7. The molecular weight excluding hydrogens is 676 g/mol. The van der Waals surface area contributed by atoms with Crippen LogP contribution in [0.5, 0.6) is 0 Å². The van der Waals surface area contributed by atoms with Crippen LogP contribution in [0.15, 0.2) is 48.8 Å². The number of aromatic amines is 2. The third-order valence-corrected chi connectivity index (χ3v) is 11.7. The summed E-state index contributed by atoms with van der Waals surface area (Å²) >= 11 is 0. The largest absolute Gasteiger partial charge is 0.465 e. The fraction of sp³-hybridized carbons (Fsp3) is 0.436. The minimum absolute atomic E-state index is 0.0816. The Hall–Kier alpha value is -5.66. The van der Waals surface area contributed by atoms with Gasteiger partial charge >= 0.3 is 12.2 Å². The van der Waals surface area contributed by atoms with Crippen LogP contribution >= 0.6 is 0 Å². The monoisotopic (exact) mass is 720 g/mol. The molecule has 14 heteroatoms. The summed E-state index contributed by atoms with van der Waals surface area (Å²) in [5, 5.41) is 14.0. The first-order valence-corrected chi connectivity index (χ1v) is 18.4. The predicted octanol–water partition coefficient (Wildman–Crippen LogP) is 5.64. The molecule has 0 unspecified atom stereocenters. The lowest BCUT2D eigenvalue weighted by Crippen LogP contribution is -2.46. The molecule has 4 atom stereocenters. The van der Waals surface area contributed by atoms with Crippen molar-refractivity contribution in [1.82, 2.24) is 40.4 Å². The van der Waals surface area contributed by atoms with Gasteiger partial charge in [0.05, 0.1) is 43.0 Å². The number of alkyl carbamates (subject to hydrolysis) is 1. The number of carbonyl (C=O) groups excluding carboxylic acids is 3. The maximum atomic E-state index is 13.2. The fourth-order valence-corrected chi connectivity index (χ4v) is 8.88. The van der Waals surface area contributed by atoms with Gasteiger partial charge in [-0.15, -0.1) is 0 Å².